The molecule has 3 rings (SSSR count). The molecule has 1 aromatic carbocycles. The first-order chi connectivity index (χ1) is 8.88. The molecule has 1 N–H and O–H groups in total. The Labute approximate surface area is 108 Å². The highest BCUT2D eigenvalue weighted by atomic mass is 15.1. The quantitative estimate of drug-likeness (QED) is 0.894. The molecule has 0 amide bonds. The average Bonchev–Trinajstić information content (AvgIpc) is 2.87. The Kier molecular flexibility index (Phi) is 3.15. The van der Waals surface area contributed by atoms with E-state index in [1.807, 2.05) is 19.6 Å². The van der Waals surface area contributed by atoms with E-state index in [-0.39, 0.29) is 0 Å². The van der Waals surface area contributed by atoms with Crippen LogP contribution in [0.1, 0.15) is 29.3 Å². The van der Waals surface area contributed by atoms with E-state index in [1.54, 1.807) is 0 Å². The molecule has 1 aliphatic carbocycles. The van der Waals surface area contributed by atoms with Crippen LogP contribution in [0.4, 0.5) is 0 Å². The Bertz CT molecular complexity index is 530. The van der Waals surface area contributed by atoms with Crippen molar-refractivity contribution >= 4 is 0 Å². The predicted molar refractivity (Wildman–Crippen MR) is 72.5 cm³/mol. The molecular weight excluding hydrogens is 222 g/mol. The van der Waals surface area contributed by atoms with Crippen molar-refractivity contribution in [1.82, 2.24) is 14.9 Å². The first-order valence-electron chi connectivity index (χ1n) is 6.60. The number of aromatic nitrogens is 2. The summed E-state index contributed by atoms with van der Waals surface area (Å²) in [6.07, 6.45) is 7.47. The summed E-state index contributed by atoms with van der Waals surface area (Å²) in [5.74, 6) is 0. The van der Waals surface area contributed by atoms with Crippen molar-refractivity contribution in [2.24, 2.45) is 0 Å². The summed E-state index contributed by atoms with van der Waals surface area (Å²) in [5, 5.41) is 3.21. The third-order valence-corrected chi connectivity index (χ3v) is 3.82. The zero-order valence-electron chi connectivity index (χ0n) is 10.8. The number of fused-ring (bicyclic) bond motifs is 1. The normalized spacial score (nSPS) is 18.6. The van der Waals surface area contributed by atoms with Gasteiger partial charge < -0.3 is 9.88 Å². The lowest BCUT2D eigenvalue weighted by molar-refractivity contribution is 0.428. The maximum atomic E-state index is 4.29. The van der Waals surface area contributed by atoms with Crippen molar-refractivity contribution in [2.75, 3.05) is 7.05 Å². The highest BCUT2D eigenvalue weighted by Gasteiger charge is 2.20. The molecule has 3 heteroatoms. The molecular formula is C15H19N3. The largest absolute Gasteiger partial charge is 0.330 e. The van der Waals surface area contributed by atoms with Crippen LogP contribution in [-0.4, -0.2) is 16.6 Å². The second-order valence-corrected chi connectivity index (χ2v) is 4.99. The molecule has 3 nitrogen and oxygen atoms in total. The lowest BCUT2D eigenvalue weighted by atomic mass is 9.88. The third-order valence-electron chi connectivity index (χ3n) is 3.82. The number of benzene rings is 1. The fraction of sp³-hybridized carbons (Fsp3) is 0.400. The molecule has 94 valence electrons. The van der Waals surface area contributed by atoms with E-state index in [0.717, 1.165) is 13.0 Å². The van der Waals surface area contributed by atoms with Crippen molar-refractivity contribution < 1.29 is 0 Å². The summed E-state index contributed by atoms with van der Waals surface area (Å²) < 4.78 is 2.34. The third kappa shape index (κ3) is 2.06. The van der Waals surface area contributed by atoms with Gasteiger partial charge in [0.15, 0.2) is 0 Å². The minimum absolute atomic E-state index is 0.561. The Balaban J connectivity index is 1.85. The van der Waals surface area contributed by atoms with Crippen molar-refractivity contribution in [1.29, 1.82) is 0 Å². The SMILES string of the molecule is CNCc1cncn1C1CCc2ccccc2C1. The minimum atomic E-state index is 0.561. The van der Waals surface area contributed by atoms with E-state index in [2.05, 4.69) is 39.1 Å². The van der Waals surface area contributed by atoms with Crippen LogP contribution in [0.2, 0.25) is 0 Å². The minimum Gasteiger partial charge on any atom is -0.330 e. The molecule has 0 fully saturated rings. The topological polar surface area (TPSA) is 29.9 Å². The number of aryl methyl sites for hydroxylation is 1. The van der Waals surface area contributed by atoms with Gasteiger partial charge in [0.2, 0.25) is 0 Å². The second-order valence-electron chi connectivity index (χ2n) is 4.99. The van der Waals surface area contributed by atoms with Crippen LogP contribution in [0, 0.1) is 0 Å². The molecule has 2 aromatic rings. The molecule has 0 saturated carbocycles. The molecule has 0 aliphatic heterocycles. The van der Waals surface area contributed by atoms with E-state index < -0.39 is 0 Å². The van der Waals surface area contributed by atoms with Gasteiger partial charge in [-0.05, 0) is 37.4 Å². The number of nitrogens with one attached hydrogen (secondary N) is 1. The molecule has 1 aromatic heterocycles. The summed E-state index contributed by atoms with van der Waals surface area (Å²) in [7, 11) is 1.98. The lowest BCUT2D eigenvalue weighted by Gasteiger charge is -2.27. The van der Waals surface area contributed by atoms with Gasteiger partial charge in [-0.25, -0.2) is 4.98 Å². The Hall–Kier alpha value is -1.61. The van der Waals surface area contributed by atoms with Crippen molar-refractivity contribution in [3.8, 4) is 0 Å². The Morgan fingerprint density at radius 1 is 1.33 bits per heavy atom. The summed E-state index contributed by atoms with van der Waals surface area (Å²) in [6.45, 7) is 0.887. The molecule has 1 heterocycles. The number of nitrogens with zero attached hydrogens (tertiary/aromatic N) is 2. The first-order valence-corrected chi connectivity index (χ1v) is 6.60. The van der Waals surface area contributed by atoms with Crippen LogP contribution in [0.5, 0.6) is 0 Å². The van der Waals surface area contributed by atoms with Crippen molar-refractivity contribution in [3.63, 3.8) is 0 Å². The Morgan fingerprint density at radius 2 is 2.17 bits per heavy atom. The van der Waals surface area contributed by atoms with E-state index >= 15 is 0 Å². The second kappa shape index (κ2) is 4.94. The molecule has 1 aliphatic rings. The predicted octanol–water partition coefficient (Wildman–Crippen LogP) is 2.33. The maximum absolute atomic E-state index is 4.29. The van der Waals surface area contributed by atoms with Gasteiger partial charge in [0, 0.05) is 18.8 Å². The monoisotopic (exact) mass is 241 g/mol. The zero-order valence-corrected chi connectivity index (χ0v) is 10.8. The van der Waals surface area contributed by atoms with Gasteiger partial charge in [0.25, 0.3) is 0 Å². The van der Waals surface area contributed by atoms with Gasteiger partial charge >= 0.3 is 0 Å². The smallest absolute Gasteiger partial charge is 0.0951 e. The van der Waals surface area contributed by atoms with Crippen molar-refractivity contribution in [3.05, 3.63) is 53.6 Å². The number of imidazole rings is 1. The number of rotatable bonds is 3. The highest BCUT2D eigenvalue weighted by Crippen LogP contribution is 2.29. The van der Waals surface area contributed by atoms with Crippen LogP contribution in [-0.2, 0) is 19.4 Å². The van der Waals surface area contributed by atoms with Crippen LogP contribution < -0.4 is 5.32 Å². The van der Waals surface area contributed by atoms with E-state index in [9.17, 15) is 0 Å². The lowest BCUT2D eigenvalue weighted by Crippen LogP contribution is -2.21. The molecule has 0 spiro atoms. The van der Waals surface area contributed by atoms with Gasteiger partial charge in [-0.15, -0.1) is 0 Å². The molecule has 1 atom stereocenters. The van der Waals surface area contributed by atoms with Crippen LogP contribution in [0.25, 0.3) is 0 Å². The molecule has 1 unspecified atom stereocenters. The van der Waals surface area contributed by atoms with Crippen molar-refractivity contribution in [2.45, 2.75) is 31.8 Å². The van der Waals surface area contributed by atoms with E-state index in [1.165, 1.54) is 29.7 Å². The van der Waals surface area contributed by atoms with E-state index in [4.69, 9.17) is 0 Å². The van der Waals surface area contributed by atoms with Crippen LogP contribution >= 0.6 is 0 Å². The summed E-state index contributed by atoms with van der Waals surface area (Å²) in [5.41, 5.74) is 4.30. The zero-order chi connectivity index (χ0) is 12.4. The standard InChI is InChI=1S/C15H19N3/c1-16-9-15-10-17-11-18(15)14-7-6-12-4-2-3-5-13(12)8-14/h2-5,10-11,14,16H,6-9H2,1H3. The highest BCUT2D eigenvalue weighted by molar-refractivity contribution is 5.30. The van der Waals surface area contributed by atoms with Crippen LogP contribution in [0.3, 0.4) is 0 Å². The van der Waals surface area contributed by atoms with Gasteiger partial charge in [-0.3, -0.25) is 0 Å². The average molecular weight is 241 g/mol. The summed E-state index contributed by atoms with van der Waals surface area (Å²) in [6, 6.07) is 9.36. The fourth-order valence-electron chi connectivity index (χ4n) is 2.89. The van der Waals surface area contributed by atoms with Gasteiger partial charge in [-0.2, -0.15) is 0 Å². The van der Waals surface area contributed by atoms with Gasteiger partial charge in [0.1, 0.15) is 0 Å². The van der Waals surface area contributed by atoms with Gasteiger partial charge in [0.05, 0.1) is 12.0 Å². The number of hydrogen-bond donors (Lipinski definition) is 1. The molecule has 0 radical (unpaired) electrons. The Morgan fingerprint density at radius 3 is 3.00 bits per heavy atom. The summed E-state index contributed by atoms with van der Waals surface area (Å²) >= 11 is 0. The summed E-state index contributed by atoms with van der Waals surface area (Å²) in [4.78, 5) is 4.29. The molecule has 18 heavy (non-hydrogen) atoms. The molecule has 0 bridgehead atoms. The van der Waals surface area contributed by atoms with Gasteiger partial charge in [-0.1, -0.05) is 24.3 Å². The number of hydrogen-bond acceptors (Lipinski definition) is 2. The maximum Gasteiger partial charge on any atom is 0.0951 e. The first kappa shape index (κ1) is 11.5. The van der Waals surface area contributed by atoms with Crippen LogP contribution in [0.15, 0.2) is 36.8 Å². The fourth-order valence-corrected chi connectivity index (χ4v) is 2.89. The van der Waals surface area contributed by atoms with E-state index in [0.29, 0.717) is 6.04 Å². The molecule has 0 saturated heterocycles.